The summed E-state index contributed by atoms with van der Waals surface area (Å²) >= 11 is 0. The van der Waals surface area contributed by atoms with Crippen molar-refractivity contribution in [3.8, 4) is 0 Å². The summed E-state index contributed by atoms with van der Waals surface area (Å²) in [7, 11) is 1.97. The lowest BCUT2D eigenvalue weighted by Gasteiger charge is -2.33. The molecule has 1 aliphatic heterocycles. The number of nitrogens with zero attached hydrogens (tertiary/aromatic N) is 6. The van der Waals surface area contributed by atoms with Gasteiger partial charge in [0.25, 0.3) is 0 Å². The molecule has 27 heavy (non-hydrogen) atoms. The molecule has 148 valence electrons. The molecule has 2 aromatic heterocycles. The second kappa shape index (κ2) is 10.4. The number of aryl methyl sites for hydroxylation is 1. The van der Waals surface area contributed by atoms with Gasteiger partial charge in [-0.3, -0.25) is 0 Å². The number of anilines is 1. The number of aromatic nitrogens is 4. The molecule has 1 aliphatic rings. The first-order valence-electron chi connectivity index (χ1n) is 9.23. The van der Waals surface area contributed by atoms with Crippen molar-refractivity contribution in [2.45, 2.75) is 39.3 Å². The van der Waals surface area contributed by atoms with Gasteiger partial charge in [-0.15, -0.1) is 34.2 Å². The molecule has 0 aliphatic carbocycles. The fraction of sp³-hybridized carbons (Fsp3) is 0.556. The lowest BCUT2D eigenvalue weighted by molar-refractivity contribution is 0.459. The Kier molecular flexibility index (Phi) is 8.26. The van der Waals surface area contributed by atoms with Crippen LogP contribution in [0.15, 0.2) is 29.4 Å². The molecule has 0 unspecified atom stereocenters. The lowest BCUT2D eigenvalue weighted by atomic mass is 10.1. The van der Waals surface area contributed by atoms with E-state index in [4.69, 9.17) is 0 Å². The van der Waals surface area contributed by atoms with E-state index in [9.17, 15) is 0 Å². The molecule has 1 saturated heterocycles. The van der Waals surface area contributed by atoms with E-state index < -0.39 is 0 Å². The van der Waals surface area contributed by atoms with Crippen LogP contribution < -0.4 is 15.5 Å². The van der Waals surface area contributed by atoms with E-state index in [0.717, 1.165) is 55.9 Å². The van der Waals surface area contributed by atoms with Crippen molar-refractivity contribution in [2.75, 3.05) is 24.5 Å². The van der Waals surface area contributed by atoms with Crippen LogP contribution in [0, 0.1) is 6.92 Å². The van der Waals surface area contributed by atoms with Gasteiger partial charge < -0.3 is 20.1 Å². The molecule has 9 heteroatoms. The van der Waals surface area contributed by atoms with Crippen molar-refractivity contribution >= 4 is 35.8 Å². The largest absolute Gasteiger partial charge is 0.357 e. The van der Waals surface area contributed by atoms with Crippen LogP contribution in [-0.2, 0) is 13.6 Å². The van der Waals surface area contributed by atoms with Crippen molar-refractivity contribution in [2.24, 2.45) is 12.0 Å². The fourth-order valence-corrected chi connectivity index (χ4v) is 3.05. The van der Waals surface area contributed by atoms with Crippen LogP contribution in [0.2, 0.25) is 0 Å². The third-order valence-corrected chi connectivity index (χ3v) is 4.71. The molecule has 0 atom stereocenters. The van der Waals surface area contributed by atoms with Crippen LogP contribution >= 0.6 is 24.0 Å². The predicted molar refractivity (Wildman–Crippen MR) is 119 cm³/mol. The molecule has 3 rings (SSSR count). The molecule has 0 radical (unpaired) electrons. The highest BCUT2D eigenvalue weighted by molar-refractivity contribution is 14.0. The first kappa shape index (κ1) is 21.4. The number of guanidine groups is 1. The number of rotatable bonds is 5. The molecule has 2 N–H and O–H groups in total. The summed E-state index contributed by atoms with van der Waals surface area (Å²) in [6.45, 7) is 7.36. The van der Waals surface area contributed by atoms with Crippen molar-refractivity contribution in [1.29, 1.82) is 0 Å². The van der Waals surface area contributed by atoms with Gasteiger partial charge in [0.2, 0.25) is 0 Å². The maximum absolute atomic E-state index is 4.67. The first-order chi connectivity index (χ1) is 12.7. The minimum atomic E-state index is 0. The molecule has 2 aromatic rings. The zero-order valence-electron chi connectivity index (χ0n) is 16.2. The maximum Gasteiger partial charge on any atom is 0.191 e. The number of pyridine rings is 1. The van der Waals surface area contributed by atoms with Gasteiger partial charge in [-0.05, 0) is 38.8 Å². The van der Waals surface area contributed by atoms with E-state index in [0.29, 0.717) is 12.6 Å². The van der Waals surface area contributed by atoms with Crippen molar-refractivity contribution < 1.29 is 0 Å². The van der Waals surface area contributed by atoms with Gasteiger partial charge >= 0.3 is 0 Å². The second-order valence-corrected chi connectivity index (χ2v) is 6.51. The molecule has 0 bridgehead atoms. The monoisotopic (exact) mass is 484 g/mol. The van der Waals surface area contributed by atoms with Crippen LogP contribution in [0.4, 0.5) is 5.82 Å². The molecule has 0 saturated carbocycles. The summed E-state index contributed by atoms with van der Waals surface area (Å²) in [4.78, 5) is 11.5. The average molecular weight is 484 g/mol. The third-order valence-electron chi connectivity index (χ3n) is 4.71. The second-order valence-electron chi connectivity index (χ2n) is 6.51. The quantitative estimate of drug-likeness (QED) is 0.383. The van der Waals surface area contributed by atoms with Crippen molar-refractivity contribution in [3.63, 3.8) is 0 Å². The first-order valence-corrected chi connectivity index (χ1v) is 9.23. The summed E-state index contributed by atoms with van der Waals surface area (Å²) < 4.78 is 1.97. The highest BCUT2D eigenvalue weighted by Crippen LogP contribution is 2.17. The van der Waals surface area contributed by atoms with E-state index in [1.165, 1.54) is 0 Å². The molecular formula is C18H29IN8. The molecule has 3 heterocycles. The predicted octanol–water partition coefficient (Wildman–Crippen LogP) is 1.86. The van der Waals surface area contributed by atoms with Crippen LogP contribution in [0.3, 0.4) is 0 Å². The van der Waals surface area contributed by atoms with Gasteiger partial charge in [-0.1, -0.05) is 6.07 Å². The fourth-order valence-electron chi connectivity index (χ4n) is 3.05. The van der Waals surface area contributed by atoms with E-state index in [-0.39, 0.29) is 24.0 Å². The normalized spacial score (nSPS) is 15.4. The summed E-state index contributed by atoms with van der Waals surface area (Å²) in [5.41, 5.74) is 0. The average Bonchev–Trinajstić information content (AvgIpc) is 2.99. The minimum absolute atomic E-state index is 0. The molecule has 0 amide bonds. The standard InChI is InChI=1S/C18H28N8.HI/c1-4-19-18(21-13-17-24-23-14(2)25(17)3)22-15-8-11-26(12-9-15)16-7-5-6-10-20-16;/h5-7,10,15H,4,8-9,11-13H2,1-3H3,(H2,19,21,22);1H. The maximum atomic E-state index is 4.67. The van der Waals surface area contributed by atoms with Crippen molar-refractivity contribution in [3.05, 3.63) is 36.0 Å². The Bertz CT molecular complexity index is 722. The van der Waals surface area contributed by atoms with E-state index in [2.05, 4.69) is 48.7 Å². The van der Waals surface area contributed by atoms with E-state index >= 15 is 0 Å². The van der Waals surface area contributed by atoms with Crippen LogP contribution in [0.5, 0.6) is 0 Å². The Balaban J connectivity index is 0.00000261. The zero-order chi connectivity index (χ0) is 18.4. The number of hydrogen-bond acceptors (Lipinski definition) is 5. The Morgan fingerprint density at radius 1 is 1.26 bits per heavy atom. The summed E-state index contributed by atoms with van der Waals surface area (Å²) in [6.07, 6.45) is 3.97. The lowest BCUT2D eigenvalue weighted by Crippen LogP contribution is -2.48. The summed E-state index contributed by atoms with van der Waals surface area (Å²) in [5.74, 6) is 3.66. The van der Waals surface area contributed by atoms with E-state index in [1.54, 1.807) is 0 Å². The van der Waals surface area contributed by atoms with Gasteiger partial charge in [-0.2, -0.15) is 0 Å². The van der Waals surface area contributed by atoms with Gasteiger partial charge in [0, 0.05) is 38.9 Å². The van der Waals surface area contributed by atoms with Crippen molar-refractivity contribution in [1.82, 2.24) is 30.4 Å². The van der Waals surface area contributed by atoms with Crippen LogP contribution in [0.1, 0.15) is 31.4 Å². The van der Waals surface area contributed by atoms with Gasteiger partial charge in [0.1, 0.15) is 18.2 Å². The number of piperidine rings is 1. The molecular weight excluding hydrogens is 455 g/mol. The molecule has 0 aromatic carbocycles. The molecule has 0 spiro atoms. The molecule has 1 fully saturated rings. The van der Waals surface area contributed by atoms with Gasteiger partial charge in [0.15, 0.2) is 11.8 Å². The number of nitrogens with one attached hydrogen (secondary N) is 2. The Morgan fingerprint density at radius 3 is 2.63 bits per heavy atom. The number of halogens is 1. The van der Waals surface area contributed by atoms with Crippen LogP contribution in [-0.4, -0.2) is 51.4 Å². The van der Waals surface area contributed by atoms with Gasteiger partial charge in [0.05, 0.1) is 0 Å². The molecule has 8 nitrogen and oxygen atoms in total. The smallest absolute Gasteiger partial charge is 0.191 e. The highest BCUT2D eigenvalue weighted by atomic mass is 127. The Labute approximate surface area is 177 Å². The number of hydrogen-bond donors (Lipinski definition) is 2. The summed E-state index contributed by atoms with van der Waals surface area (Å²) in [6, 6.07) is 6.48. The zero-order valence-corrected chi connectivity index (χ0v) is 18.6. The highest BCUT2D eigenvalue weighted by Gasteiger charge is 2.20. The Morgan fingerprint density at radius 2 is 2.04 bits per heavy atom. The van der Waals surface area contributed by atoms with Gasteiger partial charge in [-0.25, -0.2) is 9.98 Å². The van der Waals surface area contributed by atoms with E-state index in [1.807, 2.05) is 36.9 Å². The minimum Gasteiger partial charge on any atom is -0.357 e. The number of aliphatic imine (C=N–C) groups is 1. The van der Waals surface area contributed by atoms with Crippen LogP contribution in [0.25, 0.3) is 0 Å². The Hall–Kier alpha value is -1.91. The third kappa shape index (κ3) is 5.78. The summed E-state index contributed by atoms with van der Waals surface area (Å²) in [5, 5.41) is 15.1. The SMILES string of the molecule is CCNC(=NCc1nnc(C)n1C)NC1CCN(c2ccccn2)CC1.I. The topological polar surface area (TPSA) is 83.3 Å².